The molecule has 0 aliphatic heterocycles. The van der Waals surface area contributed by atoms with E-state index < -0.39 is 6.10 Å². The number of anilines is 1. The summed E-state index contributed by atoms with van der Waals surface area (Å²) in [7, 11) is 0. The lowest BCUT2D eigenvalue weighted by atomic mass is 10.1. The first kappa shape index (κ1) is 17.1. The third kappa shape index (κ3) is 4.20. The number of carbonyl (C=O) groups excluding carboxylic acids is 1. The zero-order valence-corrected chi connectivity index (χ0v) is 14.8. The number of rotatable bonds is 7. The third-order valence-corrected chi connectivity index (χ3v) is 4.99. The van der Waals surface area contributed by atoms with Crippen LogP contribution < -0.4 is 10.2 Å². The van der Waals surface area contributed by atoms with Gasteiger partial charge in [0.25, 0.3) is 0 Å². The number of hydrogen-bond acceptors (Lipinski definition) is 5. The van der Waals surface area contributed by atoms with Gasteiger partial charge in [0.15, 0.2) is 5.13 Å². The minimum absolute atomic E-state index is 0.0566. The van der Waals surface area contributed by atoms with Gasteiger partial charge in [0.05, 0.1) is 11.8 Å². The molecule has 3 rings (SSSR count). The molecule has 1 unspecified atom stereocenters. The van der Waals surface area contributed by atoms with Gasteiger partial charge in [-0.15, -0.1) is 11.3 Å². The number of benzene rings is 1. The average Bonchev–Trinajstić information content (AvgIpc) is 3.26. The van der Waals surface area contributed by atoms with Gasteiger partial charge >= 0.3 is 0 Å². The quantitative estimate of drug-likeness (QED) is 0.810. The van der Waals surface area contributed by atoms with Crippen molar-refractivity contribution in [3.05, 3.63) is 46.5 Å². The highest BCUT2D eigenvalue weighted by Crippen LogP contribution is 2.33. The van der Waals surface area contributed by atoms with Crippen molar-refractivity contribution in [1.29, 1.82) is 0 Å². The summed E-state index contributed by atoms with van der Waals surface area (Å²) in [5.41, 5.74) is 2.99. The lowest BCUT2D eigenvalue weighted by Crippen LogP contribution is -2.30. The predicted molar refractivity (Wildman–Crippen MR) is 96.1 cm³/mol. The van der Waals surface area contributed by atoms with Crippen LogP contribution in [0.5, 0.6) is 0 Å². The summed E-state index contributed by atoms with van der Waals surface area (Å²) in [6.45, 7) is 4.67. The Labute approximate surface area is 146 Å². The van der Waals surface area contributed by atoms with E-state index in [4.69, 9.17) is 0 Å². The maximum Gasteiger partial charge on any atom is 0.225 e. The Morgan fingerprint density at radius 1 is 1.42 bits per heavy atom. The van der Waals surface area contributed by atoms with Crippen molar-refractivity contribution >= 4 is 22.4 Å². The van der Waals surface area contributed by atoms with Crippen LogP contribution in [0.15, 0.2) is 29.6 Å². The van der Waals surface area contributed by atoms with E-state index in [1.807, 2.05) is 36.6 Å². The minimum Gasteiger partial charge on any atom is -0.387 e. The Balaban J connectivity index is 1.52. The summed E-state index contributed by atoms with van der Waals surface area (Å²) in [6.07, 6.45) is 1.59. The van der Waals surface area contributed by atoms with Crippen molar-refractivity contribution in [2.45, 2.75) is 45.4 Å². The Kier molecular flexibility index (Phi) is 5.28. The van der Waals surface area contributed by atoms with E-state index in [1.165, 1.54) is 16.9 Å². The Morgan fingerprint density at radius 2 is 2.12 bits per heavy atom. The number of nitrogens with one attached hydrogen (secondary N) is 1. The number of carbonyl (C=O) groups is 1. The first-order chi connectivity index (χ1) is 11.5. The molecule has 1 saturated carbocycles. The number of aliphatic hydroxyl groups excluding tert-OH is 1. The molecule has 1 heterocycles. The fourth-order valence-corrected chi connectivity index (χ4v) is 3.55. The summed E-state index contributed by atoms with van der Waals surface area (Å²) in [5, 5.41) is 16.2. The van der Waals surface area contributed by atoms with E-state index in [9.17, 15) is 9.90 Å². The molecule has 1 aliphatic rings. The number of aliphatic hydroxyl groups is 1. The highest BCUT2D eigenvalue weighted by molar-refractivity contribution is 7.14. The molecule has 2 N–H and O–H groups in total. The number of aryl methyl sites for hydroxylation is 1. The summed E-state index contributed by atoms with van der Waals surface area (Å²) in [5.74, 6) is 0.0566. The van der Waals surface area contributed by atoms with E-state index in [1.54, 1.807) is 11.8 Å². The van der Waals surface area contributed by atoms with Crippen LogP contribution in [0.4, 0.5) is 5.13 Å². The van der Waals surface area contributed by atoms with E-state index in [0.29, 0.717) is 19.1 Å². The molecule has 2 aromatic rings. The molecule has 1 aliphatic carbocycles. The molecule has 5 nitrogen and oxygen atoms in total. The van der Waals surface area contributed by atoms with E-state index in [0.717, 1.165) is 29.2 Å². The second-order valence-electron chi connectivity index (χ2n) is 6.30. The van der Waals surface area contributed by atoms with Crippen LogP contribution in [0.1, 0.15) is 42.7 Å². The number of nitrogens with zero attached hydrogens (tertiary/aromatic N) is 2. The molecule has 0 saturated heterocycles. The minimum atomic E-state index is -0.538. The number of thiazole rings is 1. The standard InChI is InChI=1S/C18H23N3O2S/c1-12-3-5-14(6-4-12)17(23)10-19-9-15-11-24-18(20-15)21(13(2)22)16-7-8-16/h3-6,11,16-17,19,23H,7-10H2,1-2H3. The SMILES string of the molecule is CC(=O)N(c1nc(CNCC(O)c2ccc(C)cc2)cs1)C1CC1. The van der Waals surface area contributed by atoms with Crippen molar-refractivity contribution in [2.24, 2.45) is 0 Å². The second kappa shape index (κ2) is 7.42. The van der Waals surface area contributed by atoms with Crippen LogP contribution in [0.3, 0.4) is 0 Å². The fourth-order valence-electron chi connectivity index (χ4n) is 2.61. The van der Waals surface area contributed by atoms with Crippen LogP contribution in [0.25, 0.3) is 0 Å². The van der Waals surface area contributed by atoms with Gasteiger partial charge < -0.3 is 10.4 Å². The Bertz CT molecular complexity index is 695. The first-order valence-corrected chi connectivity index (χ1v) is 9.12. The molecule has 0 bridgehead atoms. The molecule has 0 radical (unpaired) electrons. The average molecular weight is 345 g/mol. The van der Waals surface area contributed by atoms with Gasteiger partial charge in [0.1, 0.15) is 0 Å². The molecule has 1 fully saturated rings. The maximum absolute atomic E-state index is 11.8. The van der Waals surface area contributed by atoms with Gasteiger partial charge in [0, 0.05) is 31.4 Å². The van der Waals surface area contributed by atoms with Crippen LogP contribution in [0, 0.1) is 6.92 Å². The molecule has 1 aromatic heterocycles. The lowest BCUT2D eigenvalue weighted by molar-refractivity contribution is -0.116. The largest absolute Gasteiger partial charge is 0.387 e. The molecule has 1 aromatic carbocycles. The lowest BCUT2D eigenvalue weighted by Gasteiger charge is -2.16. The summed E-state index contributed by atoms with van der Waals surface area (Å²) in [6, 6.07) is 8.23. The van der Waals surface area contributed by atoms with Gasteiger partial charge in [-0.25, -0.2) is 4.98 Å². The van der Waals surface area contributed by atoms with E-state index in [-0.39, 0.29) is 5.91 Å². The van der Waals surface area contributed by atoms with Crippen LogP contribution in [0.2, 0.25) is 0 Å². The molecule has 0 spiro atoms. The van der Waals surface area contributed by atoms with Crippen LogP contribution in [-0.4, -0.2) is 28.6 Å². The number of hydrogen-bond donors (Lipinski definition) is 2. The maximum atomic E-state index is 11.8. The highest BCUT2D eigenvalue weighted by atomic mass is 32.1. The van der Waals surface area contributed by atoms with Gasteiger partial charge in [-0.3, -0.25) is 9.69 Å². The van der Waals surface area contributed by atoms with Gasteiger partial charge in [0.2, 0.25) is 5.91 Å². The van der Waals surface area contributed by atoms with Crippen molar-refractivity contribution in [1.82, 2.24) is 10.3 Å². The fraction of sp³-hybridized carbons (Fsp3) is 0.444. The molecule has 24 heavy (non-hydrogen) atoms. The van der Waals surface area contributed by atoms with Gasteiger partial charge in [-0.2, -0.15) is 0 Å². The Morgan fingerprint density at radius 3 is 2.75 bits per heavy atom. The summed E-state index contributed by atoms with van der Waals surface area (Å²) >= 11 is 1.50. The smallest absolute Gasteiger partial charge is 0.225 e. The van der Waals surface area contributed by atoms with Crippen LogP contribution >= 0.6 is 11.3 Å². The normalized spacial score (nSPS) is 15.3. The van der Waals surface area contributed by atoms with E-state index in [2.05, 4.69) is 10.3 Å². The molecule has 128 valence electrons. The highest BCUT2D eigenvalue weighted by Gasteiger charge is 2.33. The zero-order chi connectivity index (χ0) is 17.1. The van der Waals surface area contributed by atoms with Crippen molar-refractivity contribution < 1.29 is 9.90 Å². The number of amides is 1. The predicted octanol–water partition coefficient (Wildman–Crippen LogP) is 2.79. The molecule has 1 atom stereocenters. The van der Waals surface area contributed by atoms with E-state index >= 15 is 0 Å². The second-order valence-corrected chi connectivity index (χ2v) is 7.14. The Hall–Kier alpha value is -1.76. The molecular weight excluding hydrogens is 322 g/mol. The summed E-state index contributed by atoms with van der Waals surface area (Å²) in [4.78, 5) is 18.1. The molecule has 1 amide bonds. The monoisotopic (exact) mass is 345 g/mol. The van der Waals surface area contributed by atoms with Crippen molar-refractivity contribution in [3.8, 4) is 0 Å². The molecule has 6 heteroatoms. The van der Waals surface area contributed by atoms with Gasteiger partial charge in [-0.1, -0.05) is 29.8 Å². The zero-order valence-electron chi connectivity index (χ0n) is 14.0. The van der Waals surface area contributed by atoms with Crippen molar-refractivity contribution in [2.75, 3.05) is 11.4 Å². The van der Waals surface area contributed by atoms with Crippen molar-refractivity contribution in [3.63, 3.8) is 0 Å². The first-order valence-electron chi connectivity index (χ1n) is 8.24. The summed E-state index contributed by atoms with van der Waals surface area (Å²) < 4.78 is 0. The third-order valence-electron chi connectivity index (χ3n) is 4.10. The van der Waals surface area contributed by atoms with Crippen LogP contribution in [-0.2, 0) is 11.3 Å². The van der Waals surface area contributed by atoms with Gasteiger partial charge in [-0.05, 0) is 25.3 Å². The number of aromatic nitrogens is 1. The topological polar surface area (TPSA) is 65.5 Å². The molecular formula is C18H23N3O2S.